The first-order valence-electron chi connectivity index (χ1n) is 2.90. The summed E-state index contributed by atoms with van der Waals surface area (Å²) in [6, 6.07) is 0. The Hall–Kier alpha value is 0.0249. The molecule has 0 bridgehead atoms. The van der Waals surface area contributed by atoms with Crippen LogP contribution in [0.5, 0.6) is 0 Å². The van der Waals surface area contributed by atoms with Crippen LogP contribution in [0, 0.1) is 0 Å². The van der Waals surface area contributed by atoms with Gasteiger partial charge in [0.25, 0.3) is 0 Å². The molecule has 0 amide bonds. The van der Waals surface area contributed by atoms with Gasteiger partial charge >= 0.3 is 0 Å². The minimum absolute atomic E-state index is 0.0284. The topological polar surface area (TPSA) is 9.23 Å². The molecular weight excluding hydrogens is 98.9 g/mol. The van der Waals surface area contributed by atoms with E-state index in [9.17, 15) is 0 Å². The average molecular weight is 112 g/mol. The molecule has 0 fully saturated rings. The monoisotopic (exact) mass is 112 g/mol. The third-order valence-electron chi connectivity index (χ3n) is 0.653. The van der Waals surface area contributed by atoms with Gasteiger partial charge in [0.2, 0.25) is 0 Å². The van der Waals surface area contributed by atoms with Crippen LogP contribution in [-0.4, -0.2) is 20.1 Å². The third kappa shape index (κ3) is 6.02. The molecule has 2 radical (unpaired) electrons. The van der Waals surface area contributed by atoms with Crippen molar-refractivity contribution in [2.24, 2.45) is 0 Å². The molecule has 2 heteroatoms. The van der Waals surface area contributed by atoms with E-state index in [0.29, 0.717) is 12.9 Å². The highest BCUT2D eigenvalue weighted by Gasteiger charge is 2.07. The first-order valence-corrected chi connectivity index (χ1v) is 2.90. The van der Waals surface area contributed by atoms with E-state index in [-0.39, 0.29) is 5.60 Å². The molecule has 0 aromatic rings. The Balaban J connectivity index is 3.11. The van der Waals surface area contributed by atoms with Crippen LogP contribution in [0.4, 0.5) is 0 Å². The summed E-state index contributed by atoms with van der Waals surface area (Å²) in [6.07, 6.45) is 0.608. The van der Waals surface area contributed by atoms with Crippen LogP contribution in [0.2, 0.25) is 6.32 Å². The molecule has 0 heterocycles. The second-order valence-corrected chi connectivity index (χ2v) is 2.75. The molecule has 0 spiro atoms. The largest absolute Gasteiger partial charge is 0.377 e. The molecule has 0 atom stereocenters. The Morgan fingerprint density at radius 1 is 1.38 bits per heavy atom. The highest BCUT2D eigenvalue weighted by atomic mass is 16.5. The van der Waals surface area contributed by atoms with Crippen molar-refractivity contribution in [3.05, 3.63) is 0 Å². The van der Waals surface area contributed by atoms with Crippen molar-refractivity contribution in [3.8, 4) is 0 Å². The van der Waals surface area contributed by atoms with E-state index in [1.807, 2.05) is 20.8 Å². The number of hydrogen-bond acceptors (Lipinski definition) is 1. The molecule has 0 N–H and O–H groups in total. The Morgan fingerprint density at radius 3 is 2.00 bits per heavy atom. The molecule has 46 valence electrons. The predicted molar refractivity (Wildman–Crippen MR) is 36.3 cm³/mol. The SMILES string of the molecule is [B]CCOC(C)(C)C. The van der Waals surface area contributed by atoms with E-state index in [4.69, 9.17) is 12.6 Å². The van der Waals surface area contributed by atoms with Crippen LogP contribution < -0.4 is 0 Å². The maximum atomic E-state index is 5.25. The zero-order chi connectivity index (χ0) is 6.62. The molecule has 0 aliphatic heterocycles. The van der Waals surface area contributed by atoms with E-state index < -0.39 is 0 Å². The number of ether oxygens (including phenoxy) is 1. The Bertz CT molecular complexity index is 56.0. The molecule has 0 aliphatic carbocycles. The summed E-state index contributed by atoms with van der Waals surface area (Å²) in [5.41, 5.74) is -0.0284. The van der Waals surface area contributed by atoms with Gasteiger partial charge in [-0.05, 0) is 20.8 Å². The van der Waals surface area contributed by atoms with Crippen molar-refractivity contribution in [1.82, 2.24) is 0 Å². The zero-order valence-electron chi connectivity index (χ0n) is 5.90. The minimum atomic E-state index is -0.0284. The lowest BCUT2D eigenvalue weighted by atomic mass is 10.1. The zero-order valence-corrected chi connectivity index (χ0v) is 5.90. The van der Waals surface area contributed by atoms with E-state index in [1.165, 1.54) is 0 Å². The molecule has 0 aromatic heterocycles. The van der Waals surface area contributed by atoms with Crippen LogP contribution in [0.15, 0.2) is 0 Å². The molecule has 0 aromatic carbocycles. The first kappa shape index (κ1) is 8.02. The lowest BCUT2D eigenvalue weighted by Gasteiger charge is -2.18. The Labute approximate surface area is 52.8 Å². The molecule has 0 saturated carbocycles. The van der Waals surface area contributed by atoms with E-state index in [0.717, 1.165) is 0 Å². The second kappa shape index (κ2) is 3.13. The lowest BCUT2D eigenvalue weighted by molar-refractivity contribution is 0.00554. The van der Waals surface area contributed by atoms with Crippen molar-refractivity contribution in [2.45, 2.75) is 32.7 Å². The fourth-order valence-corrected chi connectivity index (χ4v) is 0.365. The first-order chi connectivity index (χ1) is 3.56. The van der Waals surface area contributed by atoms with Gasteiger partial charge in [0.05, 0.1) is 13.4 Å². The van der Waals surface area contributed by atoms with Crippen molar-refractivity contribution in [3.63, 3.8) is 0 Å². The van der Waals surface area contributed by atoms with Gasteiger partial charge in [-0.25, -0.2) is 0 Å². The van der Waals surface area contributed by atoms with Gasteiger partial charge in [0.15, 0.2) is 0 Å². The maximum Gasteiger partial charge on any atom is 0.0684 e. The van der Waals surface area contributed by atoms with Crippen LogP contribution in [0.25, 0.3) is 0 Å². The molecule has 8 heavy (non-hydrogen) atoms. The fraction of sp³-hybridized carbons (Fsp3) is 1.00. The van der Waals surface area contributed by atoms with Gasteiger partial charge in [-0.15, -0.1) is 0 Å². The summed E-state index contributed by atoms with van der Waals surface area (Å²) in [7, 11) is 5.21. The van der Waals surface area contributed by atoms with Gasteiger partial charge in [-0.1, -0.05) is 6.32 Å². The molecule has 0 unspecified atom stereocenters. The summed E-state index contributed by atoms with van der Waals surface area (Å²) in [6.45, 7) is 6.71. The predicted octanol–water partition coefficient (Wildman–Crippen LogP) is 1.39. The van der Waals surface area contributed by atoms with Crippen LogP contribution in [0.1, 0.15) is 20.8 Å². The van der Waals surface area contributed by atoms with E-state index >= 15 is 0 Å². The maximum absolute atomic E-state index is 5.25. The Morgan fingerprint density at radius 2 is 1.88 bits per heavy atom. The molecule has 0 aliphatic rings. The lowest BCUT2D eigenvalue weighted by Crippen LogP contribution is -2.19. The van der Waals surface area contributed by atoms with Crippen molar-refractivity contribution in [2.75, 3.05) is 6.61 Å². The summed E-state index contributed by atoms with van der Waals surface area (Å²) >= 11 is 0. The van der Waals surface area contributed by atoms with Gasteiger partial charge < -0.3 is 4.74 Å². The van der Waals surface area contributed by atoms with Crippen LogP contribution >= 0.6 is 0 Å². The normalized spacial score (nSPS) is 11.9. The van der Waals surface area contributed by atoms with Crippen LogP contribution in [0.3, 0.4) is 0 Å². The summed E-state index contributed by atoms with van der Waals surface area (Å²) < 4.78 is 5.25. The number of rotatable bonds is 2. The quantitative estimate of drug-likeness (QED) is 0.490. The van der Waals surface area contributed by atoms with Crippen LogP contribution in [-0.2, 0) is 4.74 Å². The second-order valence-electron chi connectivity index (χ2n) is 2.75. The van der Waals surface area contributed by atoms with Crippen molar-refractivity contribution < 1.29 is 4.74 Å². The molecule has 0 rings (SSSR count). The van der Waals surface area contributed by atoms with Gasteiger partial charge in [-0.2, -0.15) is 0 Å². The molecular formula is C6H13BO. The standard InChI is InChI=1S/C6H13BO/c1-6(2,3)8-5-4-7/h4-5H2,1-3H3. The van der Waals surface area contributed by atoms with Crippen molar-refractivity contribution in [1.29, 1.82) is 0 Å². The van der Waals surface area contributed by atoms with E-state index in [2.05, 4.69) is 0 Å². The average Bonchev–Trinajstić information content (AvgIpc) is 1.59. The molecule has 1 nitrogen and oxygen atoms in total. The Kier molecular flexibility index (Phi) is 3.14. The molecule has 0 saturated heterocycles. The summed E-state index contributed by atoms with van der Waals surface area (Å²) in [5.74, 6) is 0. The van der Waals surface area contributed by atoms with Gasteiger partial charge in [0.1, 0.15) is 0 Å². The highest BCUT2D eigenvalue weighted by molar-refractivity contribution is 6.08. The fourth-order valence-electron chi connectivity index (χ4n) is 0.365. The third-order valence-corrected chi connectivity index (χ3v) is 0.653. The van der Waals surface area contributed by atoms with Gasteiger partial charge in [0, 0.05) is 6.61 Å². The summed E-state index contributed by atoms with van der Waals surface area (Å²) in [5, 5.41) is 0. The minimum Gasteiger partial charge on any atom is -0.377 e. The number of hydrogen-bond donors (Lipinski definition) is 0. The van der Waals surface area contributed by atoms with E-state index in [1.54, 1.807) is 0 Å². The highest BCUT2D eigenvalue weighted by Crippen LogP contribution is 2.05. The van der Waals surface area contributed by atoms with Crippen molar-refractivity contribution >= 4 is 7.85 Å². The smallest absolute Gasteiger partial charge is 0.0684 e. The van der Waals surface area contributed by atoms with Gasteiger partial charge in [-0.3, -0.25) is 0 Å². The summed E-state index contributed by atoms with van der Waals surface area (Å²) in [4.78, 5) is 0.